The van der Waals surface area contributed by atoms with Crippen molar-refractivity contribution < 1.29 is 9.66 Å². The Kier molecular flexibility index (Phi) is 4.28. The highest BCUT2D eigenvalue weighted by atomic mass is 16.6. The molecular weight excluding hydrogens is 208 g/mol. The maximum absolute atomic E-state index is 10.4. The van der Waals surface area contributed by atoms with Gasteiger partial charge in [0.1, 0.15) is 11.9 Å². The average Bonchev–Trinajstić information content (AvgIpc) is 2.29. The normalized spacial score (nSPS) is 11.5. The van der Waals surface area contributed by atoms with E-state index in [0.29, 0.717) is 12.2 Å². The molecule has 1 aromatic carbocycles. The van der Waals surface area contributed by atoms with Gasteiger partial charge in [-0.2, -0.15) is 5.26 Å². The first-order valence-electron chi connectivity index (χ1n) is 4.95. The zero-order valence-corrected chi connectivity index (χ0v) is 8.92. The molecule has 0 aromatic heterocycles. The molecule has 0 bridgehead atoms. The minimum absolute atomic E-state index is 0.0284. The van der Waals surface area contributed by atoms with Crippen molar-refractivity contribution in [1.82, 2.24) is 0 Å². The van der Waals surface area contributed by atoms with Crippen molar-refractivity contribution in [3.8, 4) is 11.8 Å². The van der Waals surface area contributed by atoms with Crippen LogP contribution in [0.1, 0.15) is 19.8 Å². The van der Waals surface area contributed by atoms with Gasteiger partial charge >= 0.3 is 0 Å². The molecule has 0 heterocycles. The number of nitriles is 1. The van der Waals surface area contributed by atoms with Gasteiger partial charge in [-0.15, -0.1) is 0 Å². The van der Waals surface area contributed by atoms with Gasteiger partial charge in [0.15, 0.2) is 0 Å². The fourth-order valence-corrected chi connectivity index (χ4v) is 1.21. The van der Waals surface area contributed by atoms with E-state index in [1.165, 1.54) is 24.3 Å². The first-order valence-corrected chi connectivity index (χ1v) is 4.95. The number of nitro benzene ring substituents is 1. The smallest absolute Gasteiger partial charge is 0.269 e. The second kappa shape index (κ2) is 5.71. The molecule has 1 rings (SSSR count). The van der Waals surface area contributed by atoms with Gasteiger partial charge in [-0.1, -0.05) is 6.92 Å². The third kappa shape index (κ3) is 3.24. The number of nitro groups is 1. The van der Waals surface area contributed by atoms with Crippen molar-refractivity contribution in [2.24, 2.45) is 0 Å². The van der Waals surface area contributed by atoms with E-state index >= 15 is 0 Å². The lowest BCUT2D eigenvalue weighted by Gasteiger charge is -2.13. The van der Waals surface area contributed by atoms with E-state index in [0.717, 1.165) is 6.42 Å². The fraction of sp³-hybridized carbons (Fsp3) is 0.364. The van der Waals surface area contributed by atoms with Gasteiger partial charge in [-0.3, -0.25) is 10.1 Å². The molecule has 1 aromatic rings. The Labute approximate surface area is 93.4 Å². The molecule has 84 valence electrons. The Morgan fingerprint density at radius 3 is 2.56 bits per heavy atom. The molecule has 5 nitrogen and oxygen atoms in total. The summed E-state index contributed by atoms with van der Waals surface area (Å²) in [6.45, 7) is 1.92. The summed E-state index contributed by atoms with van der Waals surface area (Å²) in [7, 11) is 0. The lowest BCUT2D eigenvalue weighted by molar-refractivity contribution is -0.384. The summed E-state index contributed by atoms with van der Waals surface area (Å²) < 4.78 is 5.49. The van der Waals surface area contributed by atoms with Gasteiger partial charge in [0.05, 0.1) is 17.4 Å². The second-order valence-corrected chi connectivity index (χ2v) is 3.26. The van der Waals surface area contributed by atoms with Crippen LogP contribution in [0.2, 0.25) is 0 Å². The van der Waals surface area contributed by atoms with Crippen LogP contribution in [0, 0.1) is 21.4 Å². The molecule has 0 radical (unpaired) electrons. The number of rotatable bonds is 5. The van der Waals surface area contributed by atoms with Gasteiger partial charge in [-0.05, 0) is 18.6 Å². The predicted octanol–water partition coefficient (Wildman–Crippen LogP) is 2.67. The van der Waals surface area contributed by atoms with Crippen molar-refractivity contribution in [1.29, 1.82) is 5.26 Å². The lowest BCUT2D eigenvalue weighted by Crippen LogP contribution is -2.14. The number of nitrogens with zero attached hydrogens (tertiary/aromatic N) is 2. The number of hydrogen-bond donors (Lipinski definition) is 0. The molecule has 0 N–H and O–H groups in total. The number of ether oxygens (including phenoxy) is 1. The van der Waals surface area contributed by atoms with Crippen LogP contribution in [-0.4, -0.2) is 11.0 Å². The molecule has 0 aliphatic rings. The van der Waals surface area contributed by atoms with Crippen LogP contribution in [0.3, 0.4) is 0 Å². The highest BCUT2D eigenvalue weighted by Crippen LogP contribution is 2.19. The topological polar surface area (TPSA) is 76.2 Å². The van der Waals surface area contributed by atoms with Crippen molar-refractivity contribution in [2.45, 2.75) is 25.9 Å². The number of hydrogen-bond acceptors (Lipinski definition) is 4. The Hall–Kier alpha value is -2.09. The van der Waals surface area contributed by atoms with Gasteiger partial charge in [0, 0.05) is 12.1 Å². The van der Waals surface area contributed by atoms with Crippen molar-refractivity contribution in [3.63, 3.8) is 0 Å². The van der Waals surface area contributed by atoms with Crippen LogP contribution in [0.25, 0.3) is 0 Å². The van der Waals surface area contributed by atoms with Crippen LogP contribution < -0.4 is 4.74 Å². The van der Waals surface area contributed by atoms with Crippen LogP contribution in [0.5, 0.6) is 5.75 Å². The third-order valence-electron chi connectivity index (χ3n) is 2.12. The van der Waals surface area contributed by atoms with E-state index in [-0.39, 0.29) is 11.8 Å². The zero-order chi connectivity index (χ0) is 12.0. The summed E-state index contributed by atoms with van der Waals surface area (Å²) in [5, 5.41) is 19.0. The fourth-order valence-electron chi connectivity index (χ4n) is 1.21. The van der Waals surface area contributed by atoms with Crippen LogP contribution in [0.15, 0.2) is 24.3 Å². The molecule has 16 heavy (non-hydrogen) atoms. The summed E-state index contributed by atoms with van der Waals surface area (Å²) in [5.41, 5.74) is 0.0284. The number of non-ortho nitro benzene ring substituents is 1. The first-order chi connectivity index (χ1) is 7.67. The summed E-state index contributed by atoms with van der Waals surface area (Å²) in [5.74, 6) is 0.549. The zero-order valence-electron chi connectivity index (χ0n) is 8.92. The predicted molar refractivity (Wildman–Crippen MR) is 58.0 cm³/mol. The van der Waals surface area contributed by atoms with Crippen LogP contribution in [-0.2, 0) is 0 Å². The lowest BCUT2D eigenvalue weighted by atomic mass is 10.2. The van der Waals surface area contributed by atoms with Crippen LogP contribution in [0.4, 0.5) is 5.69 Å². The highest BCUT2D eigenvalue weighted by Gasteiger charge is 2.09. The quantitative estimate of drug-likeness (QED) is 0.564. The van der Waals surface area contributed by atoms with E-state index in [2.05, 4.69) is 0 Å². The minimum atomic E-state index is -0.462. The van der Waals surface area contributed by atoms with E-state index in [9.17, 15) is 10.1 Å². The Bertz CT molecular complexity index is 395. The van der Waals surface area contributed by atoms with Crippen molar-refractivity contribution in [2.75, 3.05) is 0 Å². The SMILES string of the molecule is CCC(CC#N)Oc1ccc([N+](=O)[O-])cc1. The van der Waals surface area contributed by atoms with E-state index in [1.54, 1.807) is 0 Å². The summed E-state index contributed by atoms with van der Waals surface area (Å²) in [6.07, 6.45) is 0.879. The van der Waals surface area contributed by atoms with Crippen molar-refractivity contribution >= 4 is 5.69 Å². The van der Waals surface area contributed by atoms with E-state index < -0.39 is 4.92 Å². The molecule has 0 saturated heterocycles. The van der Waals surface area contributed by atoms with Gasteiger partial charge < -0.3 is 4.74 Å². The molecule has 1 unspecified atom stereocenters. The summed E-state index contributed by atoms with van der Waals surface area (Å²) in [4.78, 5) is 9.95. The Balaban J connectivity index is 2.68. The molecular formula is C11H12N2O3. The van der Waals surface area contributed by atoms with E-state index in [1.807, 2.05) is 13.0 Å². The van der Waals surface area contributed by atoms with Gasteiger partial charge in [-0.25, -0.2) is 0 Å². The summed E-state index contributed by atoms with van der Waals surface area (Å²) in [6, 6.07) is 7.88. The number of benzene rings is 1. The Morgan fingerprint density at radius 2 is 2.12 bits per heavy atom. The monoisotopic (exact) mass is 220 g/mol. The largest absolute Gasteiger partial charge is 0.489 e. The first kappa shape index (κ1) is 12.0. The maximum Gasteiger partial charge on any atom is 0.269 e. The standard InChI is InChI=1S/C11H12N2O3/c1-2-10(7-8-12)16-11-5-3-9(4-6-11)13(14)15/h3-6,10H,2,7H2,1H3. The molecule has 0 aliphatic carbocycles. The molecule has 1 atom stereocenters. The Morgan fingerprint density at radius 1 is 1.50 bits per heavy atom. The second-order valence-electron chi connectivity index (χ2n) is 3.26. The molecule has 0 fully saturated rings. The van der Waals surface area contributed by atoms with Gasteiger partial charge in [0.25, 0.3) is 5.69 Å². The highest BCUT2D eigenvalue weighted by molar-refractivity contribution is 5.36. The maximum atomic E-state index is 10.4. The van der Waals surface area contributed by atoms with E-state index in [4.69, 9.17) is 10.00 Å². The van der Waals surface area contributed by atoms with Crippen LogP contribution >= 0.6 is 0 Å². The third-order valence-corrected chi connectivity index (χ3v) is 2.12. The molecule has 5 heteroatoms. The molecule has 0 aliphatic heterocycles. The molecule has 0 saturated carbocycles. The molecule has 0 spiro atoms. The van der Waals surface area contributed by atoms with Gasteiger partial charge in [0.2, 0.25) is 0 Å². The van der Waals surface area contributed by atoms with Crippen molar-refractivity contribution in [3.05, 3.63) is 34.4 Å². The average molecular weight is 220 g/mol. The molecule has 0 amide bonds. The summed E-state index contributed by atoms with van der Waals surface area (Å²) >= 11 is 0. The minimum Gasteiger partial charge on any atom is -0.489 e.